The van der Waals surface area contributed by atoms with Crippen molar-refractivity contribution in [2.45, 2.75) is 44.7 Å². The smallest absolute Gasteiger partial charge is 0.226 e. The third-order valence-corrected chi connectivity index (χ3v) is 4.12. The van der Waals surface area contributed by atoms with Crippen LogP contribution in [-0.4, -0.2) is 16.8 Å². The fraction of sp³-hybridized carbons (Fsp3) is 0.533. The number of para-hydroxylation sites is 1. The average Bonchev–Trinajstić information content (AvgIpc) is 3.09. The monoisotopic (exact) mass is 244 g/mol. The summed E-state index contributed by atoms with van der Waals surface area (Å²) in [5, 5.41) is 0. The Labute approximate surface area is 108 Å². The van der Waals surface area contributed by atoms with Gasteiger partial charge in [0, 0.05) is 24.2 Å². The molecule has 1 aromatic rings. The average molecular weight is 244 g/mol. The highest BCUT2D eigenvalue weighted by Gasteiger charge is 2.37. The number of carbonyl (C=O) groups excluding carboxylic acids is 1. The first-order valence-corrected chi connectivity index (χ1v) is 6.89. The summed E-state index contributed by atoms with van der Waals surface area (Å²) in [7, 11) is 0. The van der Waals surface area contributed by atoms with Crippen LogP contribution in [0.5, 0.6) is 0 Å². The van der Waals surface area contributed by atoms with Gasteiger partial charge in [-0.05, 0) is 37.3 Å². The van der Waals surface area contributed by atoms with Crippen LogP contribution in [0.3, 0.4) is 0 Å². The molecule has 0 saturated heterocycles. The number of nitrogen functional groups attached to an aromatic ring is 1. The fourth-order valence-corrected chi connectivity index (χ4v) is 2.52. The SMILES string of the molecule is Nc1ccccc1CN(C(=O)C1CCC1)C1CC1. The van der Waals surface area contributed by atoms with Crippen molar-refractivity contribution in [2.24, 2.45) is 5.92 Å². The van der Waals surface area contributed by atoms with Crippen molar-refractivity contribution < 1.29 is 4.79 Å². The van der Waals surface area contributed by atoms with E-state index in [0.717, 1.165) is 36.9 Å². The van der Waals surface area contributed by atoms with Gasteiger partial charge in [-0.25, -0.2) is 0 Å². The van der Waals surface area contributed by atoms with Crippen LogP contribution in [0.2, 0.25) is 0 Å². The normalized spacial score (nSPS) is 19.3. The summed E-state index contributed by atoms with van der Waals surface area (Å²) in [6, 6.07) is 8.34. The Morgan fingerprint density at radius 1 is 1.22 bits per heavy atom. The first kappa shape index (κ1) is 11.6. The lowest BCUT2D eigenvalue weighted by Crippen LogP contribution is -2.40. The van der Waals surface area contributed by atoms with Gasteiger partial charge in [-0.3, -0.25) is 4.79 Å². The zero-order chi connectivity index (χ0) is 12.5. The highest BCUT2D eigenvalue weighted by atomic mass is 16.2. The standard InChI is InChI=1S/C15H20N2O/c16-14-7-2-1-4-12(14)10-17(13-8-9-13)15(18)11-5-3-6-11/h1-2,4,7,11,13H,3,5-6,8-10,16H2. The number of nitrogens with two attached hydrogens (primary N) is 1. The third kappa shape index (κ3) is 2.22. The molecule has 2 saturated carbocycles. The van der Waals surface area contributed by atoms with Gasteiger partial charge in [-0.2, -0.15) is 0 Å². The molecule has 96 valence electrons. The molecule has 1 amide bonds. The molecular weight excluding hydrogens is 224 g/mol. The summed E-state index contributed by atoms with van der Waals surface area (Å²) in [5.74, 6) is 0.641. The number of hydrogen-bond donors (Lipinski definition) is 1. The van der Waals surface area contributed by atoms with Gasteiger partial charge in [0.05, 0.1) is 0 Å². The number of amides is 1. The van der Waals surface area contributed by atoms with E-state index in [1.54, 1.807) is 0 Å². The van der Waals surface area contributed by atoms with Crippen LogP contribution in [0.15, 0.2) is 24.3 Å². The number of anilines is 1. The molecule has 0 radical (unpaired) electrons. The van der Waals surface area contributed by atoms with Gasteiger partial charge < -0.3 is 10.6 Å². The lowest BCUT2D eigenvalue weighted by molar-refractivity contribution is -0.139. The molecule has 0 atom stereocenters. The van der Waals surface area contributed by atoms with E-state index in [9.17, 15) is 4.79 Å². The first-order chi connectivity index (χ1) is 8.75. The molecule has 0 bridgehead atoms. The van der Waals surface area contributed by atoms with E-state index in [-0.39, 0.29) is 5.92 Å². The van der Waals surface area contributed by atoms with Crippen LogP contribution in [0, 0.1) is 5.92 Å². The lowest BCUT2D eigenvalue weighted by atomic mass is 9.84. The maximum atomic E-state index is 12.4. The predicted molar refractivity (Wildman–Crippen MR) is 71.8 cm³/mol. The minimum Gasteiger partial charge on any atom is -0.398 e. The summed E-state index contributed by atoms with van der Waals surface area (Å²) in [6.07, 6.45) is 5.68. The number of benzene rings is 1. The molecule has 0 heterocycles. The Morgan fingerprint density at radius 3 is 2.50 bits per heavy atom. The zero-order valence-electron chi connectivity index (χ0n) is 10.6. The molecule has 1 aromatic carbocycles. The van der Waals surface area contributed by atoms with Crippen molar-refractivity contribution in [1.29, 1.82) is 0 Å². The Hall–Kier alpha value is -1.51. The fourth-order valence-electron chi connectivity index (χ4n) is 2.52. The number of nitrogens with zero attached hydrogens (tertiary/aromatic N) is 1. The van der Waals surface area contributed by atoms with Crippen molar-refractivity contribution in [3.05, 3.63) is 29.8 Å². The largest absolute Gasteiger partial charge is 0.398 e. The van der Waals surface area contributed by atoms with Crippen molar-refractivity contribution in [2.75, 3.05) is 5.73 Å². The van der Waals surface area contributed by atoms with Crippen LogP contribution >= 0.6 is 0 Å². The van der Waals surface area contributed by atoms with E-state index in [0.29, 0.717) is 18.5 Å². The van der Waals surface area contributed by atoms with Crippen LogP contribution in [0.1, 0.15) is 37.7 Å². The van der Waals surface area contributed by atoms with Gasteiger partial charge >= 0.3 is 0 Å². The second-order valence-corrected chi connectivity index (χ2v) is 5.52. The maximum absolute atomic E-state index is 12.4. The second-order valence-electron chi connectivity index (χ2n) is 5.52. The Morgan fingerprint density at radius 2 is 1.94 bits per heavy atom. The van der Waals surface area contributed by atoms with Crippen molar-refractivity contribution in [3.63, 3.8) is 0 Å². The van der Waals surface area contributed by atoms with Gasteiger partial charge in [-0.1, -0.05) is 24.6 Å². The van der Waals surface area contributed by atoms with E-state index in [4.69, 9.17) is 5.73 Å². The molecule has 18 heavy (non-hydrogen) atoms. The molecule has 3 heteroatoms. The summed E-state index contributed by atoms with van der Waals surface area (Å²) >= 11 is 0. The molecule has 2 fully saturated rings. The quantitative estimate of drug-likeness (QED) is 0.827. The number of hydrogen-bond acceptors (Lipinski definition) is 2. The summed E-state index contributed by atoms with van der Waals surface area (Å²) in [6.45, 7) is 0.687. The Kier molecular flexibility index (Phi) is 2.98. The molecule has 2 aliphatic carbocycles. The van der Waals surface area contributed by atoms with E-state index >= 15 is 0 Å². The van der Waals surface area contributed by atoms with Crippen molar-refractivity contribution >= 4 is 11.6 Å². The molecule has 3 rings (SSSR count). The predicted octanol–water partition coefficient (Wildman–Crippen LogP) is 2.56. The molecule has 0 spiro atoms. The van der Waals surface area contributed by atoms with Gasteiger partial charge in [0.2, 0.25) is 5.91 Å². The minimum absolute atomic E-state index is 0.288. The second kappa shape index (κ2) is 4.63. The Bertz CT molecular complexity index is 450. The molecule has 0 aromatic heterocycles. The minimum atomic E-state index is 0.288. The van der Waals surface area contributed by atoms with Crippen molar-refractivity contribution in [1.82, 2.24) is 4.90 Å². The molecule has 3 nitrogen and oxygen atoms in total. The Balaban J connectivity index is 1.74. The molecule has 0 aliphatic heterocycles. The van der Waals surface area contributed by atoms with E-state index in [2.05, 4.69) is 4.90 Å². The van der Waals surface area contributed by atoms with Gasteiger partial charge in [0.15, 0.2) is 0 Å². The van der Waals surface area contributed by atoms with Gasteiger partial charge in [-0.15, -0.1) is 0 Å². The van der Waals surface area contributed by atoms with E-state index in [1.165, 1.54) is 6.42 Å². The first-order valence-electron chi connectivity index (χ1n) is 6.89. The van der Waals surface area contributed by atoms with E-state index in [1.807, 2.05) is 24.3 Å². The van der Waals surface area contributed by atoms with E-state index < -0.39 is 0 Å². The topological polar surface area (TPSA) is 46.3 Å². The lowest BCUT2D eigenvalue weighted by Gasteiger charge is -2.32. The number of carbonyl (C=O) groups is 1. The van der Waals surface area contributed by atoms with Gasteiger partial charge in [0.1, 0.15) is 0 Å². The highest BCUT2D eigenvalue weighted by molar-refractivity contribution is 5.80. The third-order valence-electron chi connectivity index (χ3n) is 4.12. The van der Waals surface area contributed by atoms with Crippen molar-refractivity contribution in [3.8, 4) is 0 Å². The highest BCUT2D eigenvalue weighted by Crippen LogP contribution is 2.35. The van der Waals surface area contributed by atoms with Crippen LogP contribution in [0.4, 0.5) is 5.69 Å². The maximum Gasteiger partial charge on any atom is 0.226 e. The van der Waals surface area contributed by atoms with Crippen LogP contribution in [0.25, 0.3) is 0 Å². The van der Waals surface area contributed by atoms with Gasteiger partial charge in [0.25, 0.3) is 0 Å². The number of rotatable bonds is 4. The van der Waals surface area contributed by atoms with Crippen LogP contribution < -0.4 is 5.73 Å². The summed E-state index contributed by atoms with van der Waals surface area (Å²) in [4.78, 5) is 14.5. The zero-order valence-corrected chi connectivity index (χ0v) is 10.6. The summed E-state index contributed by atoms with van der Waals surface area (Å²) in [5.41, 5.74) is 7.85. The van der Waals surface area contributed by atoms with Crippen LogP contribution in [-0.2, 0) is 11.3 Å². The molecule has 0 unspecified atom stereocenters. The summed E-state index contributed by atoms with van der Waals surface area (Å²) < 4.78 is 0. The molecule has 2 N–H and O–H groups in total. The molecule has 2 aliphatic rings. The molecular formula is C15H20N2O.